The van der Waals surface area contributed by atoms with Crippen LogP contribution in [0, 0.1) is 0 Å². The molecule has 3 heterocycles. The predicted octanol–water partition coefficient (Wildman–Crippen LogP) is 5.56. The number of hydrogen-bond donors (Lipinski definition) is 1. The standard InChI is InChI=1S/C31H42N4O4Si/c1-23(36)33-26-12-15-34(16-13-26)21-29-19-25-7-10-28(20-31(25)39-29)38-27-8-5-24(6-9-27)30-11-14-32-35(30)22-37-17-18-40(2,3)4/h5-11,14,20,26,29H,12-13,15-19,21-22H2,1-4H3,(H,33,36). The Bertz CT molecular complexity index is 1280. The number of nitrogens with zero attached hydrogens (tertiary/aromatic N) is 3. The fourth-order valence-corrected chi connectivity index (χ4v) is 6.08. The number of benzene rings is 2. The van der Waals surface area contributed by atoms with Crippen LogP contribution < -0.4 is 14.8 Å². The van der Waals surface area contributed by atoms with Crippen LogP contribution in [0.3, 0.4) is 0 Å². The number of carbonyl (C=O) groups is 1. The fraction of sp³-hybridized carbons (Fsp3) is 0.484. The molecule has 1 atom stereocenters. The maximum atomic E-state index is 11.3. The highest BCUT2D eigenvalue weighted by Crippen LogP contribution is 2.35. The summed E-state index contributed by atoms with van der Waals surface area (Å²) in [6, 6.07) is 17.7. The average Bonchev–Trinajstić information content (AvgIpc) is 3.54. The average molecular weight is 563 g/mol. The minimum Gasteiger partial charge on any atom is -0.488 e. The van der Waals surface area contributed by atoms with E-state index in [1.807, 2.05) is 41.2 Å². The second kappa shape index (κ2) is 12.6. The van der Waals surface area contributed by atoms with Gasteiger partial charge in [-0.25, -0.2) is 4.68 Å². The first-order valence-electron chi connectivity index (χ1n) is 14.4. The molecular weight excluding hydrogens is 520 g/mol. The van der Waals surface area contributed by atoms with Crippen molar-refractivity contribution in [2.45, 2.75) is 70.7 Å². The normalized spacial score (nSPS) is 17.9. The Balaban J connectivity index is 1.12. The van der Waals surface area contributed by atoms with Crippen LogP contribution in [0.4, 0.5) is 0 Å². The summed E-state index contributed by atoms with van der Waals surface area (Å²) in [5.74, 6) is 2.51. The fourth-order valence-electron chi connectivity index (χ4n) is 5.32. The molecule has 1 N–H and O–H groups in total. The second-order valence-electron chi connectivity index (χ2n) is 12.2. The van der Waals surface area contributed by atoms with Crippen LogP contribution in [0.15, 0.2) is 54.7 Å². The molecule has 0 saturated carbocycles. The number of nitrogens with one attached hydrogen (secondary N) is 1. The van der Waals surface area contributed by atoms with Gasteiger partial charge in [-0.15, -0.1) is 0 Å². The first-order chi connectivity index (χ1) is 19.2. The van der Waals surface area contributed by atoms with E-state index in [2.05, 4.69) is 53.2 Å². The van der Waals surface area contributed by atoms with E-state index in [1.54, 1.807) is 6.92 Å². The van der Waals surface area contributed by atoms with E-state index in [4.69, 9.17) is 14.2 Å². The lowest BCUT2D eigenvalue weighted by molar-refractivity contribution is -0.120. The van der Waals surface area contributed by atoms with E-state index in [9.17, 15) is 4.79 Å². The SMILES string of the molecule is CC(=O)NC1CCN(CC2Cc3ccc(Oc4ccc(-c5ccnn5COCC[Si](C)(C)C)cc4)cc3O2)CC1. The van der Waals surface area contributed by atoms with Gasteiger partial charge in [0.05, 0.1) is 5.69 Å². The molecule has 0 aliphatic carbocycles. The van der Waals surface area contributed by atoms with Crippen LogP contribution in [0.25, 0.3) is 11.3 Å². The zero-order chi connectivity index (χ0) is 28.1. The van der Waals surface area contributed by atoms with Gasteiger partial charge in [0, 0.05) is 71.5 Å². The lowest BCUT2D eigenvalue weighted by Gasteiger charge is -2.33. The molecule has 1 unspecified atom stereocenters. The summed E-state index contributed by atoms with van der Waals surface area (Å²) in [6.07, 6.45) is 4.85. The zero-order valence-corrected chi connectivity index (χ0v) is 25.2. The van der Waals surface area contributed by atoms with Gasteiger partial charge in [-0.1, -0.05) is 25.7 Å². The van der Waals surface area contributed by atoms with Crippen molar-refractivity contribution < 1.29 is 19.0 Å². The number of amides is 1. The Morgan fingerprint density at radius 1 is 1.07 bits per heavy atom. The van der Waals surface area contributed by atoms with Gasteiger partial charge >= 0.3 is 0 Å². The Labute approximate surface area is 238 Å². The highest BCUT2D eigenvalue weighted by atomic mass is 28.3. The predicted molar refractivity (Wildman–Crippen MR) is 160 cm³/mol. The van der Waals surface area contributed by atoms with Gasteiger partial charge in [-0.05, 0) is 60.8 Å². The molecule has 5 rings (SSSR count). The molecule has 0 radical (unpaired) electrons. The van der Waals surface area contributed by atoms with Crippen molar-refractivity contribution in [1.82, 2.24) is 20.0 Å². The summed E-state index contributed by atoms with van der Waals surface area (Å²) in [6.45, 7) is 12.8. The molecule has 8 nitrogen and oxygen atoms in total. The molecule has 1 amide bonds. The summed E-state index contributed by atoms with van der Waals surface area (Å²) in [5, 5.41) is 7.49. The van der Waals surface area contributed by atoms with Crippen molar-refractivity contribution in [3.05, 3.63) is 60.3 Å². The van der Waals surface area contributed by atoms with E-state index in [1.165, 1.54) is 5.56 Å². The van der Waals surface area contributed by atoms with Crippen LogP contribution in [-0.4, -0.2) is 67.0 Å². The molecule has 2 aliphatic heterocycles. The maximum Gasteiger partial charge on any atom is 0.217 e. The van der Waals surface area contributed by atoms with Crippen molar-refractivity contribution >= 4 is 14.0 Å². The Kier molecular flexibility index (Phi) is 8.93. The number of rotatable bonds is 11. The molecule has 0 spiro atoms. The molecule has 1 saturated heterocycles. The van der Waals surface area contributed by atoms with E-state index in [0.717, 1.165) is 80.1 Å². The van der Waals surface area contributed by atoms with Gasteiger partial charge in [-0.3, -0.25) is 9.69 Å². The topological polar surface area (TPSA) is 77.9 Å². The van der Waals surface area contributed by atoms with E-state index >= 15 is 0 Å². The summed E-state index contributed by atoms with van der Waals surface area (Å²) < 4.78 is 20.3. The lowest BCUT2D eigenvalue weighted by Crippen LogP contribution is -2.46. The van der Waals surface area contributed by atoms with Crippen molar-refractivity contribution in [2.24, 2.45) is 0 Å². The smallest absolute Gasteiger partial charge is 0.217 e. The van der Waals surface area contributed by atoms with Gasteiger partial charge in [-0.2, -0.15) is 5.10 Å². The van der Waals surface area contributed by atoms with Crippen LogP contribution in [0.1, 0.15) is 25.3 Å². The van der Waals surface area contributed by atoms with Crippen LogP contribution >= 0.6 is 0 Å². The molecular formula is C31H42N4O4Si. The number of piperidine rings is 1. The highest BCUT2D eigenvalue weighted by molar-refractivity contribution is 6.76. The highest BCUT2D eigenvalue weighted by Gasteiger charge is 2.28. The van der Waals surface area contributed by atoms with E-state index in [-0.39, 0.29) is 12.0 Å². The lowest BCUT2D eigenvalue weighted by atomic mass is 10.0. The first kappa shape index (κ1) is 28.4. The third-order valence-corrected chi connectivity index (χ3v) is 9.25. The third kappa shape index (κ3) is 7.74. The van der Waals surface area contributed by atoms with Crippen molar-refractivity contribution in [3.63, 3.8) is 0 Å². The Morgan fingerprint density at radius 2 is 1.82 bits per heavy atom. The van der Waals surface area contributed by atoms with E-state index in [0.29, 0.717) is 12.8 Å². The quantitative estimate of drug-likeness (QED) is 0.244. The summed E-state index contributed by atoms with van der Waals surface area (Å²) in [7, 11) is -1.11. The molecule has 0 bridgehead atoms. The van der Waals surface area contributed by atoms with Crippen molar-refractivity contribution in [2.75, 3.05) is 26.2 Å². The molecule has 214 valence electrons. The van der Waals surface area contributed by atoms with Crippen LogP contribution in [-0.2, 0) is 22.7 Å². The number of hydrogen-bond acceptors (Lipinski definition) is 6. The monoisotopic (exact) mass is 562 g/mol. The summed E-state index contributed by atoms with van der Waals surface area (Å²) in [5.41, 5.74) is 3.32. The largest absolute Gasteiger partial charge is 0.488 e. The zero-order valence-electron chi connectivity index (χ0n) is 24.2. The summed E-state index contributed by atoms with van der Waals surface area (Å²) >= 11 is 0. The van der Waals surface area contributed by atoms with Gasteiger partial charge in [0.25, 0.3) is 0 Å². The second-order valence-corrected chi connectivity index (χ2v) is 17.8. The molecule has 2 aromatic carbocycles. The molecule has 1 fully saturated rings. The minimum atomic E-state index is -1.11. The molecule has 9 heteroatoms. The van der Waals surface area contributed by atoms with Gasteiger partial charge in [0.1, 0.15) is 30.1 Å². The summed E-state index contributed by atoms with van der Waals surface area (Å²) in [4.78, 5) is 13.8. The third-order valence-electron chi connectivity index (χ3n) is 7.55. The number of aromatic nitrogens is 2. The Morgan fingerprint density at radius 3 is 2.55 bits per heavy atom. The Hall–Kier alpha value is -3.14. The molecule has 1 aromatic heterocycles. The van der Waals surface area contributed by atoms with Crippen LogP contribution in [0.5, 0.6) is 17.2 Å². The number of likely N-dealkylation sites (tertiary alicyclic amines) is 1. The van der Waals surface area contributed by atoms with E-state index < -0.39 is 8.07 Å². The first-order valence-corrected chi connectivity index (χ1v) is 18.1. The molecule has 2 aliphatic rings. The van der Waals surface area contributed by atoms with Gasteiger partial charge in [0.2, 0.25) is 5.91 Å². The molecule has 3 aromatic rings. The van der Waals surface area contributed by atoms with Gasteiger partial charge in [0.15, 0.2) is 0 Å². The number of carbonyl (C=O) groups excluding carboxylic acids is 1. The number of ether oxygens (including phenoxy) is 3. The van der Waals surface area contributed by atoms with Gasteiger partial charge < -0.3 is 19.5 Å². The number of fused-ring (bicyclic) bond motifs is 1. The maximum absolute atomic E-state index is 11.3. The minimum absolute atomic E-state index is 0.0584. The van der Waals surface area contributed by atoms with Crippen molar-refractivity contribution in [1.29, 1.82) is 0 Å². The van der Waals surface area contributed by atoms with Crippen molar-refractivity contribution in [3.8, 4) is 28.5 Å². The van der Waals surface area contributed by atoms with Crippen LogP contribution in [0.2, 0.25) is 25.7 Å². The molecule has 40 heavy (non-hydrogen) atoms.